The molecular weight excluding hydrogens is 290 g/mol. The molecule has 5 heteroatoms. The number of nitrogens with one attached hydrogen (secondary N) is 1. The Balaban J connectivity index is 1.65. The fourth-order valence-corrected chi connectivity index (χ4v) is 3.82. The van der Waals surface area contributed by atoms with E-state index < -0.39 is 0 Å². The molecule has 2 aliphatic heterocycles. The van der Waals surface area contributed by atoms with Crippen LogP contribution in [0.4, 0.5) is 10.5 Å². The highest BCUT2D eigenvalue weighted by molar-refractivity contribution is 5.89. The van der Waals surface area contributed by atoms with Gasteiger partial charge in [-0.05, 0) is 57.0 Å². The van der Waals surface area contributed by atoms with Crippen LogP contribution < -0.4 is 5.32 Å². The van der Waals surface area contributed by atoms with Gasteiger partial charge in [0.25, 0.3) is 0 Å². The Morgan fingerprint density at radius 1 is 1.35 bits per heavy atom. The van der Waals surface area contributed by atoms with Gasteiger partial charge in [-0.25, -0.2) is 4.79 Å². The lowest BCUT2D eigenvalue weighted by molar-refractivity contribution is 0.119. The maximum atomic E-state index is 12.7. The van der Waals surface area contributed by atoms with E-state index in [1.807, 2.05) is 36.1 Å². The van der Waals surface area contributed by atoms with Crippen molar-refractivity contribution in [2.75, 3.05) is 39.1 Å². The first-order valence-electron chi connectivity index (χ1n) is 8.47. The second-order valence-electron chi connectivity index (χ2n) is 6.79. The van der Waals surface area contributed by atoms with E-state index in [4.69, 9.17) is 4.74 Å². The summed E-state index contributed by atoms with van der Waals surface area (Å²) >= 11 is 0. The van der Waals surface area contributed by atoms with Crippen molar-refractivity contribution < 1.29 is 9.53 Å². The van der Waals surface area contributed by atoms with Gasteiger partial charge in [0.1, 0.15) is 0 Å². The molecule has 0 radical (unpaired) electrons. The van der Waals surface area contributed by atoms with Crippen molar-refractivity contribution in [1.29, 1.82) is 0 Å². The summed E-state index contributed by atoms with van der Waals surface area (Å²) in [5.74, 6) is 0.624. The molecule has 23 heavy (non-hydrogen) atoms. The van der Waals surface area contributed by atoms with Crippen LogP contribution in [-0.2, 0) is 4.74 Å². The smallest absolute Gasteiger partial charge is 0.322 e. The minimum absolute atomic E-state index is 0.0249. The van der Waals surface area contributed by atoms with Gasteiger partial charge in [-0.2, -0.15) is 0 Å². The number of rotatable bonds is 3. The van der Waals surface area contributed by atoms with E-state index in [0.717, 1.165) is 43.7 Å². The average molecular weight is 317 g/mol. The first-order valence-corrected chi connectivity index (χ1v) is 8.47. The number of benzene rings is 1. The van der Waals surface area contributed by atoms with Crippen LogP contribution in [-0.4, -0.2) is 55.7 Å². The van der Waals surface area contributed by atoms with Crippen LogP contribution in [0.15, 0.2) is 24.3 Å². The van der Waals surface area contributed by atoms with Gasteiger partial charge in [0, 0.05) is 31.9 Å². The van der Waals surface area contributed by atoms with Crippen molar-refractivity contribution in [3.8, 4) is 0 Å². The molecule has 2 aliphatic rings. The molecule has 0 bridgehead atoms. The van der Waals surface area contributed by atoms with Gasteiger partial charge < -0.3 is 19.9 Å². The first kappa shape index (κ1) is 16.3. The van der Waals surface area contributed by atoms with Crippen molar-refractivity contribution >= 4 is 11.7 Å². The summed E-state index contributed by atoms with van der Waals surface area (Å²) in [4.78, 5) is 17.1. The number of methoxy groups -OCH3 is 1. The van der Waals surface area contributed by atoms with E-state index >= 15 is 0 Å². The zero-order valence-electron chi connectivity index (χ0n) is 14.3. The number of urea groups is 1. The number of carbonyl (C=O) groups excluding carboxylic acids is 1. The van der Waals surface area contributed by atoms with Crippen molar-refractivity contribution in [2.24, 2.45) is 5.92 Å². The maximum Gasteiger partial charge on any atom is 0.322 e. The molecule has 3 rings (SSSR count). The monoisotopic (exact) mass is 317 g/mol. The average Bonchev–Trinajstić information content (AvgIpc) is 2.97. The molecule has 3 unspecified atom stereocenters. The van der Waals surface area contributed by atoms with Gasteiger partial charge >= 0.3 is 6.03 Å². The number of ether oxygens (including phenoxy) is 1. The second kappa shape index (κ2) is 6.89. The van der Waals surface area contributed by atoms with Crippen LogP contribution in [0.1, 0.15) is 31.4 Å². The molecule has 3 atom stereocenters. The number of amides is 2. The second-order valence-corrected chi connectivity index (χ2v) is 6.79. The molecule has 2 heterocycles. The highest BCUT2D eigenvalue weighted by Gasteiger charge is 2.39. The van der Waals surface area contributed by atoms with E-state index in [1.165, 1.54) is 0 Å². The number of nitrogens with zero attached hydrogens (tertiary/aromatic N) is 2. The lowest BCUT2D eigenvalue weighted by Gasteiger charge is -2.36. The van der Waals surface area contributed by atoms with Gasteiger partial charge in [0.05, 0.1) is 6.10 Å². The Morgan fingerprint density at radius 3 is 2.96 bits per heavy atom. The summed E-state index contributed by atoms with van der Waals surface area (Å²) in [6.07, 6.45) is 2.22. The molecule has 0 saturated carbocycles. The minimum atomic E-state index is 0.0249. The van der Waals surface area contributed by atoms with E-state index in [0.29, 0.717) is 12.0 Å². The summed E-state index contributed by atoms with van der Waals surface area (Å²) < 4.78 is 5.35. The van der Waals surface area contributed by atoms with Crippen molar-refractivity contribution in [3.05, 3.63) is 29.8 Å². The number of piperidine rings is 1. The normalized spacial score (nSPS) is 26.0. The molecule has 2 saturated heterocycles. The quantitative estimate of drug-likeness (QED) is 0.932. The number of hydrogen-bond donors (Lipinski definition) is 1. The Bertz CT molecular complexity index is 563. The molecule has 1 aromatic carbocycles. The Hall–Kier alpha value is -1.59. The summed E-state index contributed by atoms with van der Waals surface area (Å²) in [6, 6.07) is 8.34. The molecule has 5 nitrogen and oxygen atoms in total. The van der Waals surface area contributed by atoms with Crippen LogP contribution in [0.25, 0.3) is 0 Å². The van der Waals surface area contributed by atoms with Gasteiger partial charge in [-0.15, -0.1) is 0 Å². The third-order valence-corrected chi connectivity index (χ3v) is 5.26. The van der Waals surface area contributed by atoms with Crippen molar-refractivity contribution in [1.82, 2.24) is 9.80 Å². The lowest BCUT2D eigenvalue weighted by atomic mass is 9.93. The number of likely N-dealkylation sites (tertiary alicyclic amines) is 2. The molecule has 0 aliphatic carbocycles. The highest BCUT2D eigenvalue weighted by Crippen LogP contribution is 2.31. The molecule has 2 amide bonds. The highest BCUT2D eigenvalue weighted by atomic mass is 16.5. The third kappa shape index (κ3) is 3.51. The van der Waals surface area contributed by atoms with Gasteiger partial charge in [-0.3, -0.25) is 0 Å². The number of anilines is 1. The molecule has 1 aromatic rings. The largest absolute Gasteiger partial charge is 0.377 e. The zero-order valence-corrected chi connectivity index (χ0v) is 14.3. The fourth-order valence-electron chi connectivity index (χ4n) is 3.82. The predicted molar refractivity (Wildman–Crippen MR) is 91.6 cm³/mol. The van der Waals surface area contributed by atoms with Gasteiger partial charge in [0.15, 0.2) is 0 Å². The number of carbonyl (C=O) groups is 1. The van der Waals surface area contributed by atoms with Gasteiger partial charge in [-0.1, -0.05) is 12.1 Å². The minimum Gasteiger partial charge on any atom is -0.377 e. The van der Waals surface area contributed by atoms with Crippen LogP contribution >= 0.6 is 0 Å². The van der Waals surface area contributed by atoms with Crippen LogP contribution in [0.3, 0.4) is 0 Å². The molecular formula is C18H27N3O2. The summed E-state index contributed by atoms with van der Waals surface area (Å²) in [5, 5.41) is 3.07. The third-order valence-electron chi connectivity index (χ3n) is 5.26. The molecule has 1 N–H and O–H groups in total. The van der Waals surface area contributed by atoms with Crippen molar-refractivity contribution in [2.45, 2.75) is 31.9 Å². The van der Waals surface area contributed by atoms with E-state index in [2.05, 4.69) is 17.3 Å². The molecule has 126 valence electrons. The van der Waals surface area contributed by atoms with E-state index in [9.17, 15) is 4.79 Å². The lowest BCUT2D eigenvalue weighted by Crippen LogP contribution is -2.47. The van der Waals surface area contributed by atoms with Crippen LogP contribution in [0.5, 0.6) is 0 Å². The Morgan fingerprint density at radius 2 is 2.17 bits per heavy atom. The molecule has 0 spiro atoms. The predicted octanol–water partition coefficient (Wildman–Crippen LogP) is 2.95. The zero-order chi connectivity index (χ0) is 16.4. The van der Waals surface area contributed by atoms with Crippen molar-refractivity contribution in [3.63, 3.8) is 0 Å². The van der Waals surface area contributed by atoms with E-state index in [-0.39, 0.29) is 12.1 Å². The summed E-state index contributed by atoms with van der Waals surface area (Å²) in [5.41, 5.74) is 1.91. The van der Waals surface area contributed by atoms with Gasteiger partial charge in [0.2, 0.25) is 0 Å². The van der Waals surface area contributed by atoms with Crippen LogP contribution in [0, 0.1) is 5.92 Å². The fraction of sp³-hybridized carbons (Fsp3) is 0.611. The van der Waals surface area contributed by atoms with E-state index in [1.54, 1.807) is 7.11 Å². The topological polar surface area (TPSA) is 44.8 Å². The standard InChI is InChI=1S/C18H27N3O2/c1-13(23-3)14-5-4-6-16(11-14)19-18(22)21-10-7-15-12-20(2)9-8-17(15)21/h4-6,11,13,15,17H,7-10,12H2,1-3H3,(H,19,22). The summed E-state index contributed by atoms with van der Waals surface area (Å²) in [6.45, 7) is 5.05. The first-order chi connectivity index (χ1) is 11.1. The molecule has 2 fully saturated rings. The SMILES string of the molecule is COC(C)c1cccc(NC(=O)N2CCC3CN(C)CCC32)c1. The number of hydrogen-bond acceptors (Lipinski definition) is 3. The maximum absolute atomic E-state index is 12.7. The Labute approximate surface area is 138 Å². The number of fused-ring (bicyclic) bond motifs is 1. The summed E-state index contributed by atoms with van der Waals surface area (Å²) in [7, 11) is 3.86. The Kier molecular flexibility index (Phi) is 4.87. The molecule has 0 aromatic heterocycles. The van der Waals surface area contributed by atoms with Crippen LogP contribution in [0.2, 0.25) is 0 Å².